The molecule has 5 heteroatoms. The van der Waals surface area contributed by atoms with Crippen LogP contribution < -0.4 is 0 Å². The van der Waals surface area contributed by atoms with Crippen molar-refractivity contribution in [1.82, 2.24) is 0 Å². The van der Waals surface area contributed by atoms with Gasteiger partial charge in [0, 0.05) is 0 Å². The van der Waals surface area contributed by atoms with Gasteiger partial charge >= 0.3 is 0 Å². The third-order valence-corrected chi connectivity index (χ3v) is 16.0. The Kier molecular flexibility index (Phi) is 4.99. The zero-order chi connectivity index (χ0) is 5.86. The fourth-order valence-electron chi connectivity index (χ4n) is 0.178. The molecule has 7 heavy (non-hydrogen) atoms. The van der Waals surface area contributed by atoms with Gasteiger partial charge in [0.25, 0.3) is 0 Å². The van der Waals surface area contributed by atoms with E-state index in [4.69, 9.17) is 33.2 Å². The molecular weight excluding hydrogens is 187 g/mol. The Morgan fingerprint density at radius 2 is 1.71 bits per heavy atom. The molecule has 0 aromatic carbocycles. The van der Waals surface area contributed by atoms with E-state index in [-0.39, 0.29) is 0 Å². The number of halogens is 3. The molecule has 0 saturated heterocycles. The maximum atomic E-state index is 5.74. The van der Waals surface area contributed by atoms with Gasteiger partial charge in [0.15, 0.2) is 7.62 Å². The molecule has 0 fully saturated rings. The van der Waals surface area contributed by atoms with Crippen LogP contribution in [0.5, 0.6) is 0 Å². The summed E-state index contributed by atoms with van der Waals surface area (Å²) in [6.45, 7) is 0.620. The second-order valence-electron chi connectivity index (χ2n) is 1.26. The molecule has 0 aromatic rings. The van der Waals surface area contributed by atoms with Crippen LogP contribution in [0.15, 0.2) is 0 Å². The third kappa shape index (κ3) is 3.85. The fourth-order valence-corrected chi connectivity index (χ4v) is 4.81. The zero-order valence-electron chi connectivity index (χ0n) is 4.00. The van der Waals surface area contributed by atoms with Crippen LogP contribution in [0.1, 0.15) is 6.92 Å². The predicted molar refractivity (Wildman–Crippen MR) is 42.3 cm³/mol. The molecule has 0 aliphatic rings. The van der Waals surface area contributed by atoms with Crippen molar-refractivity contribution in [1.29, 1.82) is 0 Å². The van der Waals surface area contributed by atoms with Crippen LogP contribution in [0.3, 0.4) is 0 Å². The molecule has 0 amide bonds. The smallest absolute Gasteiger partial charge is 0.172 e. The molecule has 0 bridgehead atoms. The van der Waals surface area contributed by atoms with Crippen molar-refractivity contribution in [2.24, 2.45) is 0 Å². The zero-order valence-corrected chi connectivity index (χ0v) is 8.57. The van der Waals surface area contributed by atoms with Gasteiger partial charge in [0.1, 0.15) is 0 Å². The highest BCUT2D eigenvalue weighted by Gasteiger charge is 2.14. The molecule has 0 aliphatic heterocycles. The van der Waals surface area contributed by atoms with E-state index >= 15 is 0 Å². The lowest BCUT2D eigenvalue weighted by atomic mass is 11.0. The van der Waals surface area contributed by atoms with E-state index in [1.807, 2.05) is 6.92 Å². The first kappa shape index (κ1) is 8.30. The summed E-state index contributed by atoms with van der Waals surface area (Å²) in [5, 5.41) is 0. The minimum atomic E-state index is -1.42. The molecule has 1 unspecified atom stereocenters. The van der Waals surface area contributed by atoms with Crippen LogP contribution >= 0.6 is 33.2 Å². The number of hydrogen-bond acceptors (Lipinski definition) is 0. The summed E-state index contributed by atoms with van der Waals surface area (Å²) in [6.07, 6.45) is 0. The highest BCUT2D eigenvalue weighted by molar-refractivity contribution is 7.69. The summed E-state index contributed by atoms with van der Waals surface area (Å²) >= 11 is 16.9. The van der Waals surface area contributed by atoms with Crippen molar-refractivity contribution in [3.05, 3.63) is 0 Å². The van der Waals surface area contributed by atoms with Crippen molar-refractivity contribution in [2.45, 2.75) is 13.0 Å². The molecule has 0 aliphatic carbocycles. The molecular formula is C2H7Cl3Si2. The van der Waals surface area contributed by atoms with Gasteiger partial charge in [-0.1, -0.05) is 6.92 Å². The Balaban J connectivity index is 3.14. The van der Waals surface area contributed by atoms with Crippen molar-refractivity contribution in [3.63, 3.8) is 0 Å². The molecule has 0 N–H and O–H groups in total. The molecule has 0 aromatic heterocycles. The second-order valence-corrected chi connectivity index (χ2v) is 17.2. The molecule has 0 spiro atoms. The normalized spacial score (nSPS) is 15.0. The van der Waals surface area contributed by atoms with Crippen LogP contribution in [-0.4, -0.2) is 14.6 Å². The van der Waals surface area contributed by atoms with E-state index in [2.05, 4.69) is 0 Å². The minimum absolute atomic E-state index is 1.02. The first-order valence-corrected chi connectivity index (χ1v) is 10.8. The number of hydrogen-bond donors (Lipinski definition) is 0. The summed E-state index contributed by atoms with van der Waals surface area (Å²) in [5.41, 5.74) is 0. The Hall–Kier alpha value is 1.30. The van der Waals surface area contributed by atoms with Gasteiger partial charge in [-0.25, -0.2) is 0 Å². The van der Waals surface area contributed by atoms with Gasteiger partial charge in [-0.2, -0.15) is 33.2 Å². The highest BCUT2D eigenvalue weighted by atomic mass is 35.7. The lowest BCUT2D eigenvalue weighted by Gasteiger charge is -1.98. The van der Waals surface area contributed by atoms with Gasteiger partial charge in [-0.3, -0.25) is 0 Å². The first-order valence-electron chi connectivity index (χ1n) is 2.10. The van der Waals surface area contributed by atoms with Gasteiger partial charge in [-0.15, -0.1) is 0 Å². The molecule has 1 atom stereocenters. The van der Waals surface area contributed by atoms with Crippen LogP contribution in [0, 0.1) is 0 Å². The van der Waals surface area contributed by atoms with Gasteiger partial charge < -0.3 is 0 Å². The average Bonchev–Trinajstić information content (AvgIpc) is 1.65. The molecule has 44 valence electrons. The van der Waals surface area contributed by atoms with Crippen LogP contribution in [-0.2, 0) is 0 Å². The molecule has 0 heterocycles. The Labute approximate surface area is 60.9 Å². The molecule has 0 nitrogen and oxygen atoms in total. The van der Waals surface area contributed by atoms with Gasteiger partial charge in [0.05, 0.1) is 0 Å². The average molecular weight is 194 g/mol. The molecule has 0 rings (SSSR count). The van der Waals surface area contributed by atoms with Crippen LogP contribution in [0.25, 0.3) is 0 Å². The third-order valence-electron chi connectivity index (χ3n) is 0.663. The Morgan fingerprint density at radius 1 is 1.29 bits per heavy atom. The first-order chi connectivity index (χ1) is 3.18. The van der Waals surface area contributed by atoms with Gasteiger partial charge in [-0.05, 0) is 6.04 Å². The minimum Gasteiger partial charge on any atom is -0.172 e. The van der Waals surface area contributed by atoms with Crippen LogP contribution in [0.2, 0.25) is 6.04 Å². The van der Waals surface area contributed by atoms with E-state index in [1.54, 1.807) is 0 Å². The van der Waals surface area contributed by atoms with Crippen molar-refractivity contribution >= 4 is 47.8 Å². The summed E-state index contributed by atoms with van der Waals surface area (Å²) < 4.78 is 0. The Morgan fingerprint density at radius 3 is 1.71 bits per heavy atom. The quantitative estimate of drug-likeness (QED) is 0.463. The highest BCUT2D eigenvalue weighted by Crippen LogP contribution is 2.08. The van der Waals surface area contributed by atoms with Crippen molar-refractivity contribution < 1.29 is 0 Å². The summed E-state index contributed by atoms with van der Waals surface area (Å²) in [5.74, 6) is 0. The standard InChI is InChI=1S/C2H7Cl3Si2/c1-2-6(3)7(4)5/h6-7H,2H2,1H3. The summed E-state index contributed by atoms with van der Waals surface area (Å²) in [4.78, 5) is 0. The summed E-state index contributed by atoms with van der Waals surface area (Å²) in [6, 6.07) is 1.02. The SMILES string of the molecule is CC[SiH](Cl)[SiH](Cl)Cl. The fraction of sp³-hybridized carbons (Fsp3) is 1.00. The van der Waals surface area contributed by atoms with E-state index in [0.717, 1.165) is 6.04 Å². The topological polar surface area (TPSA) is 0 Å². The molecule has 0 radical (unpaired) electrons. The van der Waals surface area contributed by atoms with E-state index in [1.165, 1.54) is 0 Å². The lowest BCUT2D eigenvalue weighted by Crippen LogP contribution is -2.17. The number of rotatable bonds is 2. The predicted octanol–water partition coefficient (Wildman–Crippen LogP) is 1.75. The lowest BCUT2D eigenvalue weighted by molar-refractivity contribution is 1.47. The van der Waals surface area contributed by atoms with Gasteiger partial charge in [0.2, 0.25) is 6.93 Å². The van der Waals surface area contributed by atoms with E-state index in [9.17, 15) is 0 Å². The second kappa shape index (κ2) is 4.21. The monoisotopic (exact) mass is 192 g/mol. The maximum Gasteiger partial charge on any atom is 0.239 e. The van der Waals surface area contributed by atoms with Crippen molar-refractivity contribution in [3.8, 4) is 0 Å². The van der Waals surface area contributed by atoms with E-state index in [0.29, 0.717) is 0 Å². The van der Waals surface area contributed by atoms with Crippen molar-refractivity contribution in [2.75, 3.05) is 0 Å². The largest absolute Gasteiger partial charge is 0.239 e. The Bertz CT molecular complexity index is 48.2. The van der Waals surface area contributed by atoms with E-state index < -0.39 is 14.6 Å². The maximum absolute atomic E-state index is 5.74. The molecule has 0 saturated carbocycles. The summed E-state index contributed by atoms with van der Waals surface area (Å²) in [7, 11) is -1.11. The van der Waals surface area contributed by atoms with Crippen LogP contribution in [0.4, 0.5) is 0 Å².